The quantitative estimate of drug-likeness (QED) is 0.870. The molecule has 2 unspecified atom stereocenters. The predicted molar refractivity (Wildman–Crippen MR) is 70.5 cm³/mol. The number of hydrogen-bond acceptors (Lipinski definition) is 3. The molecule has 0 aliphatic carbocycles. The van der Waals surface area contributed by atoms with Crippen LogP contribution in [0.25, 0.3) is 0 Å². The molecule has 1 aromatic heterocycles. The van der Waals surface area contributed by atoms with E-state index in [2.05, 4.69) is 18.0 Å². The number of likely N-dealkylation sites (tertiary alicyclic amines) is 1. The van der Waals surface area contributed by atoms with Gasteiger partial charge in [-0.25, -0.2) is 4.98 Å². The van der Waals surface area contributed by atoms with Crippen LogP contribution in [0.1, 0.15) is 56.3 Å². The van der Waals surface area contributed by atoms with Gasteiger partial charge in [0, 0.05) is 25.1 Å². The van der Waals surface area contributed by atoms with Gasteiger partial charge in [-0.3, -0.25) is 0 Å². The Morgan fingerprint density at radius 3 is 3.06 bits per heavy atom. The molecule has 1 fully saturated rings. The molecule has 2 atom stereocenters. The molecule has 4 heteroatoms. The molecule has 18 heavy (non-hydrogen) atoms. The maximum Gasteiger partial charge on any atom is 0.131 e. The van der Waals surface area contributed by atoms with Gasteiger partial charge in [0.05, 0.1) is 5.69 Å². The summed E-state index contributed by atoms with van der Waals surface area (Å²) >= 11 is 0. The van der Waals surface area contributed by atoms with E-state index in [0.717, 1.165) is 38.2 Å². The van der Waals surface area contributed by atoms with Gasteiger partial charge in [-0.1, -0.05) is 6.92 Å². The average molecular weight is 249 g/mol. The fourth-order valence-electron chi connectivity index (χ4n) is 3.26. The third-order valence-corrected chi connectivity index (χ3v) is 4.38. The number of aliphatic hydroxyl groups excluding tert-OH is 1. The number of hydrogen-bond donors (Lipinski definition) is 1. The van der Waals surface area contributed by atoms with Crippen molar-refractivity contribution in [2.45, 2.75) is 51.2 Å². The van der Waals surface area contributed by atoms with Crippen molar-refractivity contribution in [3.05, 3.63) is 17.7 Å². The van der Waals surface area contributed by atoms with E-state index in [9.17, 15) is 5.11 Å². The number of aromatic nitrogens is 2. The molecule has 0 amide bonds. The highest BCUT2D eigenvalue weighted by molar-refractivity contribution is 5.13. The Labute approximate surface area is 109 Å². The summed E-state index contributed by atoms with van der Waals surface area (Å²) in [6, 6.07) is 0. The number of likely N-dealkylation sites (N-methyl/N-ethyl adjacent to an activating group) is 1. The van der Waals surface area contributed by atoms with E-state index >= 15 is 0 Å². The van der Waals surface area contributed by atoms with Crippen LogP contribution in [-0.2, 0) is 6.42 Å². The molecule has 0 radical (unpaired) electrons. The topological polar surface area (TPSA) is 41.3 Å². The Kier molecular flexibility index (Phi) is 3.39. The summed E-state index contributed by atoms with van der Waals surface area (Å²) in [5, 5.41) is 9.98. The van der Waals surface area contributed by atoms with Gasteiger partial charge in [0.15, 0.2) is 0 Å². The Morgan fingerprint density at radius 2 is 2.28 bits per heavy atom. The molecule has 100 valence electrons. The predicted octanol–water partition coefficient (Wildman–Crippen LogP) is 1.91. The lowest BCUT2D eigenvalue weighted by Gasteiger charge is -2.30. The minimum Gasteiger partial charge on any atom is -0.373 e. The van der Waals surface area contributed by atoms with E-state index in [0.29, 0.717) is 5.92 Å². The summed E-state index contributed by atoms with van der Waals surface area (Å²) in [7, 11) is 0. The number of rotatable bonds is 2. The average Bonchev–Trinajstić information content (AvgIpc) is 2.84. The third-order valence-electron chi connectivity index (χ3n) is 4.38. The summed E-state index contributed by atoms with van der Waals surface area (Å²) in [5.74, 6) is 1.64. The lowest BCUT2D eigenvalue weighted by molar-refractivity contribution is 0.0780. The smallest absolute Gasteiger partial charge is 0.131 e. The molecule has 0 saturated carbocycles. The van der Waals surface area contributed by atoms with Crippen LogP contribution < -0.4 is 0 Å². The molecule has 1 saturated heterocycles. The molecular formula is C14H23N3O. The molecule has 2 aliphatic rings. The molecule has 0 spiro atoms. The van der Waals surface area contributed by atoms with Gasteiger partial charge in [0.25, 0.3) is 0 Å². The van der Waals surface area contributed by atoms with Crippen molar-refractivity contribution in [3.8, 4) is 0 Å². The summed E-state index contributed by atoms with van der Waals surface area (Å²) in [6.45, 7) is 5.71. The van der Waals surface area contributed by atoms with Crippen LogP contribution in [-0.4, -0.2) is 39.2 Å². The second-order valence-electron chi connectivity index (χ2n) is 5.59. The van der Waals surface area contributed by atoms with Gasteiger partial charge < -0.3 is 14.6 Å². The zero-order chi connectivity index (χ0) is 12.5. The zero-order valence-corrected chi connectivity index (χ0v) is 11.2. The number of imidazole rings is 1. The van der Waals surface area contributed by atoms with Gasteiger partial charge in [-0.15, -0.1) is 0 Å². The van der Waals surface area contributed by atoms with Crippen LogP contribution in [0.15, 0.2) is 6.20 Å². The number of nitrogens with zero attached hydrogens (tertiary/aromatic N) is 3. The van der Waals surface area contributed by atoms with Crippen molar-refractivity contribution in [1.82, 2.24) is 14.5 Å². The maximum absolute atomic E-state index is 9.98. The summed E-state index contributed by atoms with van der Waals surface area (Å²) in [5.41, 5.74) is 1.20. The lowest BCUT2D eigenvalue weighted by atomic mass is 9.95. The molecular weight excluding hydrogens is 226 g/mol. The van der Waals surface area contributed by atoms with Crippen molar-refractivity contribution in [2.75, 3.05) is 19.6 Å². The summed E-state index contributed by atoms with van der Waals surface area (Å²) in [4.78, 5) is 7.27. The highest BCUT2D eigenvalue weighted by Gasteiger charge is 2.26. The second-order valence-corrected chi connectivity index (χ2v) is 5.59. The standard InChI is InChI=1S/C14H23N3O/c1-2-16-8-4-5-11(9-16)12-10-17-13(15-12)6-3-7-14(17)18/h10-11,14,18H,2-9H2,1H3. The molecule has 3 heterocycles. The zero-order valence-electron chi connectivity index (χ0n) is 11.2. The van der Waals surface area contributed by atoms with E-state index in [1.807, 2.05) is 4.57 Å². The van der Waals surface area contributed by atoms with Gasteiger partial charge in [-0.05, 0) is 38.8 Å². The Balaban J connectivity index is 1.80. The molecule has 1 N–H and O–H groups in total. The van der Waals surface area contributed by atoms with Crippen molar-refractivity contribution in [3.63, 3.8) is 0 Å². The van der Waals surface area contributed by atoms with E-state index in [1.165, 1.54) is 25.1 Å². The summed E-state index contributed by atoms with van der Waals surface area (Å²) in [6.07, 6.45) is 7.20. The first-order valence-corrected chi connectivity index (χ1v) is 7.26. The first kappa shape index (κ1) is 12.2. The van der Waals surface area contributed by atoms with Crippen LogP contribution in [0.4, 0.5) is 0 Å². The Morgan fingerprint density at radius 1 is 1.39 bits per heavy atom. The van der Waals surface area contributed by atoms with Crippen LogP contribution in [0, 0.1) is 0 Å². The molecule has 0 bridgehead atoms. The number of piperidine rings is 1. The molecule has 0 aromatic carbocycles. The van der Waals surface area contributed by atoms with Crippen molar-refractivity contribution in [1.29, 1.82) is 0 Å². The van der Waals surface area contributed by atoms with E-state index in [4.69, 9.17) is 4.98 Å². The SMILES string of the molecule is CCN1CCCC(c2cn3c(n2)CCCC3O)C1. The number of aliphatic hydroxyl groups is 1. The van der Waals surface area contributed by atoms with E-state index in [-0.39, 0.29) is 6.23 Å². The normalized spacial score (nSPS) is 29.2. The van der Waals surface area contributed by atoms with E-state index < -0.39 is 0 Å². The van der Waals surface area contributed by atoms with Gasteiger partial charge in [-0.2, -0.15) is 0 Å². The minimum absolute atomic E-state index is 0.346. The van der Waals surface area contributed by atoms with E-state index in [1.54, 1.807) is 0 Å². The highest BCUT2D eigenvalue weighted by Crippen LogP contribution is 2.29. The largest absolute Gasteiger partial charge is 0.373 e. The number of aryl methyl sites for hydroxylation is 1. The first-order chi connectivity index (χ1) is 8.78. The summed E-state index contributed by atoms with van der Waals surface area (Å²) < 4.78 is 1.99. The van der Waals surface area contributed by atoms with Crippen molar-refractivity contribution < 1.29 is 5.11 Å². The van der Waals surface area contributed by atoms with Gasteiger partial charge in [0.1, 0.15) is 12.1 Å². The first-order valence-electron chi connectivity index (χ1n) is 7.26. The van der Waals surface area contributed by atoms with Gasteiger partial charge in [0.2, 0.25) is 0 Å². The van der Waals surface area contributed by atoms with Crippen molar-refractivity contribution in [2.24, 2.45) is 0 Å². The van der Waals surface area contributed by atoms with Crippen molar-refractivity contribution >= 4 is 0 Å². The maximum atomic E-state index is 9.98. The van der Waals surface area contributed by atoms with Crippen LogP contribution in [0.3, 0.4) is 0 Å². The molecule has 4 nitrogen and oxygen atoms in total. The Hall–Kier alpha value is -0.870. The van der Waals surface area contributed by atoms with Gasteiger partial charge >= 0.3 is 0 Å². The van der Waals surface area contributed by atoms with Crippen LogP contribution in [0.5, 0.6) is 0 Å². The fourth-order valence-corrected chi connectivity index (χ4v) is 3.26. The lowest BCUT2D eigenvalue weighted by Crippen LogP contribution is -2.34. The molecule has 1 aromatic rings. The number of fused-ring (bicyclic) bond motifs is 1. The highest BCUT2D eigenvalue weighted by atomic mass is 16.3. The van der Waals surface area contributed by atoms with Crippen LogP contribution >= 0.6 is 0 Å². The second kappa shape index (κ2) is 5.02. The third kappa shape index (κ3) is 2.19. The van der Waals surface area contributed by atoms with Crippen LogP contribution in [0.2, 0.25) is 0 Å². The monoisotopic (exact) mass is 249 g/mol. The molecule has 3 rings (SSSR count). The fraction of sp³-hybridized carbons (Fsp3) is 0.786. The molecule has 2 aliphatic heterocycles. The minimum atomic E-state index is -0.346. The Bertz CT molecular complexity index is 415.